The summed E-state index contributed by atoms with van der Waals surface area (Å²) in [6.45, 7) is 2.21. The fraction of sp³-hybridized carbons (Fsp3) is 0.520. The molecule has 0 aliphatic heterocycles. The summed E-state index contributed by atoms with van der Waals surface area (Å²) >= 11 is 0. The van der Waals surface area contributed by atoms with Crippen molar-refractivity contribution < 1.29 is 14.3 Å². The van der Waals surface area contributed by atoms with Crippen LogP contribution in [0.25, 0.3) is 10.8 Å². The Labute approximate surface area is 188 Å². The maximum Gasteiger partial charge on any atom is 0.359 e. The van der Waals surface area contributed by atoms with Crippen LogP contribution < -0.4 is 5.56 Å². The van der Waals surface area contributed by atoms with Crippen molar-refractivity contribution in [2.75, 3.05) is 6.61 Å². The van der Waals surface area contributed by atoms with E-state index in [-0.39, 0.29) is 29.8 Å². The summed E-state index contributed by atoms with van der Waals surface area (Å²) in [5, 5.41) is 5.21. The maximum absolute atomic E-state index is 13.0. The highest BCUT2D eigenvalue weighted by Gasteiger charge is 2.35. The largest absolute Gasteiger partial charge is 0.451 e. The highest BCUT2D eigenvalue weighted by molar-refractivity contribution is 6.02. The number of unbranched alkanes of at least 4 members (excludes halogenated alkanes) is 2. The Balaban J connectivity index is 1.53. The van der Waals surface area contributed by atoms with Gasteiger partial charge in [-0.15, -0.1) is 0 Å². The number of allylic oxidation sites excluding steroid dienone is 2. The lowest BCUT2D eigenvalue weighted by Crippen LogP contribution is -2.36. The van der Waals surface area contributed by atoms with Crippen LogP contribution in [0.1, 0.15) is 75.2 Å². The Morgan fingerprint density at radius 2 is 1.94 bits per heavy atom. The Hall–Kier alpha value is -2.96. The first-order valence-corrected chi connectivity index (χ1v) is 11.8. The molecule has 0 spiro atoms. The molecule has 4 rings (SSSR count). The third-order valence-electron chi connectivity index (χ3n) is 6.12. The minimum atomic E-state index is -0.674. The van der Waals surface area contributed by atoms with Gasteiger partial charge in [-0.25, -0.2) is 9.48 Å². The third-order valence-corrected chi connectivity index (χ3v) is 6.12. The molecule has 1 saturated carbocycles. The number of hydrogen-bond acceptors (Lipinski definition) is 5. The van der Waals surface area contributed by atoms with Gasteiger partial charge in [-0.05, 0) is 51.0 Å². The number of amides is 1. The van der Waals surface area contributed by atoms with Crippen LogP contribution in [-0.4, -0.2) is 39.2 Å². The third kappa shape index (κ3) is 4.92. The number of rotatable bonds is 9. The van der Waals surface area contributed by atoms with Gasteiger partial charge in [-0.3, -0.25) is 9.59 Å². The van der Waals surface area contributed by atoms with Crippen LogP contribution in [0.3, 0.4) is 0 Å². The zero-order chi connectivity index (χ0) is 22.5. The molecule has 0 bridgehead atoms. The summed E-state index contributed by atoms with van der Waals surface area (Å²) < 4.78 is 6.78. The zero-order valence-corrected chi connectivity index (χ0v) is 18.7. The van der Waals surface area contributed by atoms with Gasteiger partial charge in [0.15, 0.2) is 12.3 Å². The lowest BCUT2D eigenvalue weighted by molar-refractivity contribution is -0.133. The van der Waals surface area contributed by atoms with Crippen molar-refractivity contribution in [2.24, 2.45) is 0 Å². The molecule has 0 N–H and O–H groups in total. The number of hydrogen-bond donors (Lipinski definition) is 0. The van der Waals surface area contributed by atoms with E-state index in [1.54, 1.807) is 24.3 Å². The number of carbonyl (C=O) groups excluding carboxylic acids is 2. The second kappa shape index (κ2) is 10.1. The average molecular weight is 438 g/mol. The quantitative estimate of drug-likeness (QED) is 0.434. The molecule has 2 aromatic rings. The second-order valence-electron chi connectivity index (χ2n) is 8.64. The van der Waals surface area contributed by atoms with Crippen LogP contribution >= 0.6 is 0 Å². The summed E-state index contributed by atoms with van der Waals surface area (Å²) in [6, 6.07) is 7.15. The fourth-order valence-corrected chi connectivity index (χ4v) is 4.29. The second-order valence-corrected chi connectivity index (χ2v) is 8.64. The van der Waals surface area contributed by atoms with Crippen molar-refractivity contribution in [3.05, 3.63) is 52.1 Å². The molecular weight excluding hydrogens is 406 g/mol. The molecule has 1 heterocycles. The number of nitrogens with zero attached hydrogens (tertiary/aromatic N) is 3. The van der Waals surface area contributed by atoms with Gasteiger partial charge >= 0.3 is 5.97 Å². The number of esters is 1. The van der Waals surface area contributed by atoms with Gasteiger partial charge in [0.25, 0.3) is 11.5 Å². The van der Waals surface area contributed by atoms with E-state index >= 15 is 0 Å². The smallest absolute Gasteiger partial charge is 0.359 e. The molecule has 7 nitrogen and oxygen atoms in total. The van der Waals surface area contributed by atoms with Crippen LogP contribution in [0, 0.1) is 0 Å². The van der Waals surface area contributed by atoms with Crippen molar-refractivity contribution in [3.63, 3.8) is 0 Å². The van der Waals surface area contributed by atoms with E-state index in [4.69, 9.17) is 4.74 Å². The van der Waals surface area contributed by atoms with Gasteiger partial charge < -0.3 is 9.64 Å². The number of ether oxygens (including phenoxy) is 1. The SMILES string of the molecule is CCCCCn1nc(C(=O)OCC(=O)N(C2=CCCCC2)C2CC2)c2ccccc2c1=O. The monoisotopic (exact) mass is 437 g/mol. The molecule has 1 aromatic carbocycles. The molecule has 1 amide bonds. The van der Waals surface area contributed by atoms with Crippen LogP contribution in [0.2, 0.25) is 0 Å². The van der Waals surface area contributed by atoms with Gasteiger partial charge in [0, 0.05) is 23.7 Å². The molecule has 2 aliphatic rings. The van der Waals surface area contributed by atoms with Crippen molar-refractivity contribution in [2.45, 2.75) is 77.3 Å². The molecule has 0 radical (unpaired) electrons. The topological polar surface area (TPSA) is 81.5 Å². The number of fused-ring (bicyclic) bond motifs is 1. The highest BCUT2D eigenvalue weighted by atomic mass is 16.5. The van der Waals surface area contributed by atoms with E-state index in [1.165, 1.54) is 4.68 Å². The number of aryl methyl sites for hydroxylation is 1. The Morgan fingerprint density at radius 1 is 1.16 bits per heavy atom. The number of carbonyl (C=O) groups is 2. The zero-order valence-electron chi connectivity index (χ0n) is 18.7. The summed E-state index contributed by atoms with van der Waals surface area (Å²) in [7, 11) is 0. The van der Waals surface area contributed by atoms with Crippen LogP contribution in [-0.2, 0) is 16.1 Å². The van der Waals surface area contributed by atoms with E-state index in [9.17, 15) is 14.4 Å². The van der Waals surface area contributed by atoms with E-state index in [1.807, 2.05) is 4.90 Å². The first kappa shape index (κ1) is 22.2. The van der Waals surface area contributed by atoms with E-state index in [2.05, 4.69) is 18.1 Å². The molecule has 1 fully saturated rings. The van der Waals surface area contributed by atoms with Crippen molar-refractivity contribution in [1.82, 2.24) is 14.7 Å². The molecule has 32 heavy (non-hydrogen) atoms. The lowest BCUT2D eigenvalue weighted by atomic mass is 10.0. The molecule has 7 heteroatoms. The highest BCUT2D eigenvalue weighted by Crippen LogP contribution is 2.33. The molecule has 170 valence electrons. The fourth-order valence-electron chi connectivity index (χ4n) is 4.29. The number of aromatic nitrogens is 2. The molecule has 0 atom stereocenters. The minimum Gasteiger partial charge on any atom is -0.451 e. The summed E-state index contributed by atoms with van der Waals surface area (Å²) in [5.41, 5.74) is 0.931. The first-order chi connectivity index (χ1) is 15.6. The van der Waals surface area contributed by atoms with E-state index in [0.717, 1.165) is 63.5 Å². The van der Waals surface area contributed by atoms with Crippen molar-refractivity contribution >= 4 is 22.6 Å². The maximum atomic E-state index is 13.0. The van der Waals surface area contributed by atoms with E-state index in [0.29, 0.717) is 17.3 Å². The molecule has 1 aromatic heterocycles. The Morgan fingerprint density at radius 3 is 2.62 bits per heavy atom. The number of benzene rings is 1. The molecule has 0 saturated heterocycles. The van der Waals surface area contributed by atoms with Crippen LogP contribution in [0.4, 0.5) is 0 Å². The Bertz CT molecular complexity index is 1080. The Kier molecular flexibility index (Phi) is 7.02. The summed E-state index contributed by atoms with van der Waals surface area (Å²) in [5.74, 6) is -0.860. The normalized spacial score (nSPS) is 16.0. The first-order valence-electron chi connectivity index (χ1n) is 11.8. The molecule has 0 unspecified atom stereocenters. The molecular formula is C25H31N3O4. The van der Waals surface area contributed by atoms with Gasteiger partial charge in [0.2, 0.25) is 0 Å². The van der Waals surface area contributed by atoms with Gasteiger partial charge in [0.05, 0.1) is 5.39 Å². The van der Waals surface area contributed by atoms with Gasteiger partial charge in [-0.1, -0.05) is 44.0 Å². The average Bonchev–Trinajstić information content (AvgIpc) is 3.65. The molecule has 2 aliphatic carbocycles. The van der Waals surface area contributed by atoms with Crippen LogP contribution in [0.5, 0.6) is 0 Å². The summed E-state index contributed by atoms with van der Waals surface area (Å²) in [6.07, 6.45) is 11.0. The minimum absolute atomic E-state index is 0.0827. The predicted molar refractivity (Wildman–Crippen MR) is 122 cm³/mol. The predicted octanol–water partition coefficient (Wildman–Crippen LogP) is 4.19. The van der Waals surface area contributed by atoms with Gasteiger partial charge in [0.1, 0.15) is 0 Å². The van der Waals surface area contributed by atoms with E-state index < -0.39 is 5.97 Å². The van der Waals surface area contributed by atoms with Crippen molar-refractivity contribution in [1.29, 1.82) is 0 Å². The standard InChI is InChI=1S/C25H31N3O4/c1-2-3-9-16-27-24(30)21-13-8-7-12-20(21)23(26-27)25(31)32-17-22(29)28(19-14-15-19)18-10-5-4-6-11-18/h7-8,10,12-13,19H,2-6,9,11,14-17H2,1H3. The summed E-state index contributed by atoms with van der Waals surface area (Å²) in [4.78, 5) is 40.5. The van der Waals surface area contributed by atoms with Crippen LogP contribution in [0.15, 0.2) is 40.8 Å². The lowest BCUT2D eigenvalue weighted by Gasteiger charge is -2.27. The van der Waals surface area contributed by atoms with Gasteiger partial charge in [-0.2, -0.15) is 5.10 Å². The van der Waals surface area contributed by atoms with Crippen molar-refractivity contribution in [3.8, 4) is 0 Å².